The number of ether oxygens (including phenoxy) is 1. The molecule has 1 aromatic heterocycles. The van der Waals surface area contributed by atoms with Gasteiger partial charge in [0.15, 0.2) is 0 Å². The number of benzene rings is 1. The Hall–Kier alpha value is -2.47. The molecule has 2 aromatic rings. The van der Waals surface area contributed by atoms with Gasteiger partial charge in [-0.1, -0.05) is 13.8 Å². The summed E-state index contributed by atoms with van der Waals surface area (Å²) in [6.45, 7) is 6.17. The zero-order valence-corrected chi connectivity index (χ0v) is 14.4. The van der Waals surface area contributed by atoms with E-state index >= 15 is 0 Å². The monoisotopic (exact) mass is 328 g/mol. The van der Waals surface area contributed by atoms with Gasteiger partial charge in [-0.15, -0.1) is 0 Å². The third-order valence-electron chi connectivity index (χ3n) is 4.32. The Morgan fingerprint density at radius 2 is 1.88 bits per heavy atom. The second kappa shape index (κ2) is 7.88. The molecule has 1 aromatic carbocycles. The fraction of sp³-hybridized carbons (Fsp3) is 0.389. The van der Waals surface area contributed by atoms with E-state index in [0.29, 0.717) is 36.8 Å². The maximum atomic E-state index is 12.5. The minimum atomic E-state index is -0.523. The van der Waals surface area contributed by atoms with Gasteiger partial charge >= 0.3 is 6.01 Å². The van der Waals surface area contributed by atoms with Crippen molar-refractivity contribution in [2.24, 2.45) is 11.1 Å². The van der Waals surface area contributed by atoms with Crippen molar-refractivity contribution in [3.05, 3.63) is 42.2 Å². The molecule has 0 saturated heterocycles. The van der Waals surface area contributed by atoms with Crippen LogP contribution in [0.2, 0.25) is 0 Å². The van der Waals surface area contributed by atoms with Crippen molar-refractivity contribution in [3.63, 3.8) is 0 Å². The first-order valence-corrected chi connectivity index (χ1v) is 8.12. The molecule has 0 radical (unpaired) electrons. The summed E-state index contributed by atoms with van der Waals surface area (Å²) in [5, 5.41) is 2.93. The van der Waals surface area contributed by atoms with Crippen LogP contribution in [0.1, 0.15) is 32.4 Å². The van der Waals surface area contributed by atoms with E-state index < -0.39 is 5.41 Å². The van der Waals surface area contributed by atoms with Crippen LogP contribution in [0.15, 0.2) is 36.5 Å². The molecule has 128 valence electrons. The van der Waals surface area contributed by atoms with Crippen molar-refractivity contribution in [1.82, 2.24) is 9.97 Å². The second-order valence-corrected chi connectivity index (χ2v) is 5.75. The number of carbonyl (C=O) groups excluding carboxylic acids is 1. The second-order valence-electron chi connectivity index (χ2n) is 5.75. The molecule has 0 fully saturated rings. The Morgan fingerprint density at radius 1 is 1.21 bits per heavy atom. The molecule has 0 bridgehead atoms. The standard InChI is InChI=1S/C18H24N4O2/c1-4-18(5-2,12-19)16(23)22-14-6-8-15(9-7-14)24-17-20-11-10-13(3)21-17/h6-11H,4-5,12,19H2,1-3H3,(H,22,23). The lowest BCUT2D eigenvalue weighted by atomic mass is 9.81. The third-order valence-corrected chi connectivity index (χ3v) is 4.32. The molecule has 0 atom stereocenters. The molecule has 3 N–H and O–H groups in total. The zero-order chi connectivity index (χ0) is 17.6. The maximum Gasteiger partial charge on any atom is 0.322 e. The highest BCUT2D eigenvalue weighted by Crippen LogP contribution is 2.27. The number of hydrogen-bond donors (Lipinski definition) is 2. The number of nitrogens with zero attached hydrogens (tertiary/aromatic N) is 2. The van der Waals surface area contributed by atoms with E-state index in [4.69, 9.17) is 10.5 Å². The van der Waals surface area contributed by atoms with Gasteiger partial charge in [0.05, 0.1) is 5.41 Å². The van der Waals surface area contributed by atoms with Crippen molar-refractivity contribution >= 4 is 11.6 Å². The smallest absolute Gasteiger partial charge is 0.322 e. The molecule has 6 nitrogen and oxygen atoms in total. The normalized spacial score (nSPS) is 11.2. The number of aromatic nitrogens is 2. The minimum Gasteiger partial charge on any atom is -0.424 e. The Balaban J connectivity index is 2.05. The van der Waals surface area contributed by atoms with Gasteiger partial charge in [0.25, 0.3) is 0 Å². The summed E-state index contributed by atoms with van der Waals surface area (Å²) in [4.78, 5) is 20.7. The van der Waals surface area contributed by atoms with Crippen LogP contribution in [0.25, 0.3) is 0 Å². The number of amides is 1. The summed E-state index contributed by atoms with van der Waals surface area (Å²) >= 11 is 0. The summed E-state index contributed by atoms with van der Waals surface area (Å²) in [5.74, 6) is 0.556. The lowest BCUT2D eigenvalue weighted by Crippen LogP contribution is -2.41. The van der Waals surface area contributed by atoms with Gasteiger partial charge in [0, 0.05) is 24.1 Å². The number of nitrogens with two attached hydrogens (primary N) is 1. The predicted molar refractivity (Wildman–Crippen MR) is 94.0 cm³/mol. The Labute approximate surface area is 142 Å². The van der Waals surface area contributed by atoms with Gasteiger partial charge in [-0.05, 0) is 50.1 Å². The molecular weight excluding hydrogens is 304 g/mol. The lowest BCUT2D eigenvalue weighted by Gasteiger charge is -2.28. The molecule has 0 aliphatic rings. The van der Waals surface area contributed by atoms with Gasteiger partial charge in [-0.25, -0.2) is 9.97 Å². The van der Waals surface area contributed by atoms with Crippen LogP contribution in [-0.4, -0.2) is 22.4 Å². The first-order valence-electron chi connectivity index (χ1n) is 8.12. The van der Waals surface area contributed by atoms with Gasteiger partial charge < -0.3 is 15.8 Å². The molecule has 0 unspecified atom stereocenters. The predicted octanol–water partition coefficient (Wildman–Crippen LogP) is 3.28. The van der Waals surface area contributed by atoms with E-state index in [1.165, 1.54) is 0 Å². The highest BCUT2D eigenvalue weighted by atomic mass is 16.5. The number of hydrogen-bond acceptors (Lipinski definition) is 5. The van der Waals surface area contributed by atoms with E-state index in [1.807, 2.05) is 20.8 Å². The van der Waals surface area contributed by atoms with Crippen molar-refractivity contribution in [2.45, 2.75) is 33.6 Å². The first kappa shape index (κ1) is 17.9. The average Bonchev–Trinajstić information content (AvgIpc) is 2.59. The summed E-state index contributed by atoms with van der Waals surface area (Å²) in [7, 11) is 0. The lowest BCUT2D eigenvalue weighted by molar-refractivity contribution is -0.125. The molecule has 6 heteroatoms. The summed E-state index contributed by atoms with van der Waals surface area (Å²) in [6.07, 6.45) is 3.06. The Morgan fingerprint density at radius 3 is 2.42 bits per heavy atom. The largest absolute Gasteiger partial charge is 0.424 e. The van der Waals surface area contributed by atoms with E-state index in [1.54, 1.807) is 36.5 Å². The molecule has 0 aliphatic carbocycles. The Kier molecular flexibility index (Phi) is 5.87. The van der Waals surface area contributed by atoms with Gasteiger partial charge in [0.2, 0.25) is 5.91 Å². The molecular formula is C18H24N4O2. The average molecular weight is 328 g/mol. The quantitative estimate of drug-likeness (QED) is 0.814. The van der Waals surface area contributed by atoms with Crippen LogP contribution in [0.4, 0.5) is 5.69 Å². The number of anilines is 1. The van der Waals surface area contributed by atoms with Crippen molar-refractivity contribution in [1.29, 1.82) is 0 Å². The molecule has 0 spiro atoms. The number of aryl methyl sites for hydroxylation is 1. The molecule has 2 rings (SSSR count). The van der Waals surface area contributed by atoms with Crippen LogP contribution in [0.5, 0.6) is 11.8 Å². The van der Waals surface area contributed by atoms with Crippen LogP contribution >= 0.6 is 0 Å². The van der Waals surface area contributed by atoms with Crippen LogP contribution in [-0.2, 0) is 4.79 Å². The SMILES string of the molecule is CCC(CC)(CN)C(=O)Nc1ccc(Oc2nccc(C)n2)cc1. The van der Waals surface area contributed by atoms with Crippen molar-refractivity contribution in [3.8, 4) is 11.8 Å². The van der Waals surface area contributed by atoms with Gasteiger partial charge in [-0.3, -0.25) is 4.79 Å². The van der Waals surface area contributed by atoms with Gasteiger partial charge in [-0.2, -0.15) is 0 Å². The Bertz CT molecular complexity index is 673. The topological polar surface area (TPSA) is 90.1 Å². The molecule has 0 aliphatic heterocycles. The molecule has 0 saturated carbocycles. The highest BCUT2D eigenvalue weighted by Gasteiger charge is 2.33. The first-order chi connectivity index (χ1) is 11.5. The zero-order valence-electron chi connectivity index (χ0n) is 14.4. The maximum absolute atomic E-state index is 12.5. The van der Waals surface area contributed by atoms with E-state index in [9.17, 15) is 4.79 Å². The van der Waals surface area contributed by atoms with Crippen molar-refractivity contribution < 1.29 is 9.53 Å². The molecule has 1 amide bonds. The van der Waals surface area contributed by atoms with Crippen LogP contribution in [0, 0.1) is 12.3 Å². The third kappa shape index (κ3) is 4.08. The van der Waals surface area contributed by atoms with E-state index in [-0.39, 0.29) is 5.91 Å². The van der Waals surface area contributed by atoms with Crippen LogP contribution < -0.4 is 15.8 Å². The number of carbonyl (C=O) groups is 1. The summed E-state index contributed by atoms with van der Waals surface area (Å²) < 4.78 is 5.60. The molecule has 1 heterocycles. The number of nitrogens with one attached hydrogen (secondary N) is 1. The van der Waals surface area contributed by atoms with Crippen LogP contribution in [0.3, 0.4) is 0 Å². The fourth-order valence-corrected chi connectivity index (χ4v) is 2.40. The number of rotatable bonds is 7. The van der Waals surface area contributed by atoms with Gasteiger partial charge in [0.1, 0.15) is 5.75 Å². The minimum absolute atomic E-state index is 0.0503. The summed E-state index contributed by atoms with van der Waals surface area (Å²) in [5.41, 5.74) is 6.83. The summed E-state index contributed by atoms with van der Waals surface area (Å²) in [6, 6.07) is 9.21. The highest BCUT2D eigenvalue weighted by molar-refractivity contribution is 5.95. The fourth-order valence-electron chi connectivity index (χ4n) is 2.40. The molecule has 24 heavy (non-hydrogen) atoms. The van der Waals surface area contributed by atoms with Crippen molar-refractivity contribution in [2.75, 3.05) is 11.9 Å². The van der Waals surface area contributed by atoms with E-state index in [0.717, 1.165) is 5.69 Å². The van der Waals surface area contributed by atoms with E-state index in [2.05, 4.69) is 15.3 Å².